The molecule has 3 heteroatoms. The van der Waals surface area contributed by atoms with Crippen molar-refractivity contribution in [3.05, 3.63) is 108 Å². The molecule has 4 rings (SSSR count). The second-order valence-electron chi connectivity index (χ2n) is 5.80. The maximum Gasteiger partial charge on any atom is 2.00 e. The van der Waals surface area contributed by atoms with E-state index in [1.807, 2.05) is 85.2 Å². The normalized spacial score (nSPS) is 11.1. The number of fused-ring (bicyclic) bond motifs is 1. The molecule has 0 fully saturated rings. The second kappa shape index (κ2) is 9.21. The van der Waals surface area contributed by atoms with Gasteiger partial charge in [0, 0.05) is 5.39 Å². The van der Waals surface area contributed by atoms with Crippen molar-refractivity contribution in [1.82, 2.24) is 0 Å². The van der Waals surface area contributed by atoms with E-state index in [9.17, 15) is 0 Å². The van der Waals surface area contributed by atoms with Crippen molar-refractivity contribution >= 4 is 34.6 Å². The van der Waals surface area contributed by atoms with E-state index in [1.165, 1.54) is 0 Å². The average molecular weight is 527 g/mol. The molecule has 27 heavy (non-hydrogen) atoms. The minimum Gasteiger partial charge on any atom is -0.304 e. The Bertz CT molecular complexity index is 987. The smallest absolute Gasteiger partial charge is 0.304 e. The third-order valence-electron chi connectivity index (χ3n) is 4.01. The molecule has 0 aliphatic heterocycles. The SMILES string of the molecule is [Pt+2].[c-]1ccccc1C=Nc1cccc2cccc(N=Cc3[c-]cccc3)c12. The molecule has 0 aliphatic rings. The fourth-order valence-corrected chi connectivity index (χ4v) is 2.77. The molecular formula is C24H16N2Pt. The zero-order valence-corrected chi connectivity index (χ0v) is 16.7. The molecule has 0 radical (unpaired) electrons. The number of hydrogen-bond donors (Lipinski definition) is 0. The van der Waals surface area contributed by atoms with Gasteiger partial charge < -0.3 is 9.98 Å². The van der Waals surface area contributed by atoms with Gasteiger partial charge in [0.15, 0.2) is 0 Å². The van der Waals surface area contributed by atoms with E-state index in [1.54, 1.807) is 0 Å². The largest absolute Gasteiger partial charge is 2.00 e. The summed E-state index contributed by atoms with van der Waals surface area (Å²) in [6.45, 7) is 0. The molecule has 0 heterocycles. The molecule has 4 aromatic rings. The van der Waals surface area contributed by atoms with Crippen molar-refractivity contribution in [2.45, 2.75) is 0 Å². The van der Waals surface area contributed by atoms with Crippen LogP contribution in [0, 0.1) is 12.1 Å². The van der Waals surface area contributed by atoms with Crippen LogP contribution in [0.4, 0.5) is 11.4 Å². The Kier molecular flexibility index (Phi) is 6.46. The monoisotopic (exact) mass is 527 g/mol. The molecule has 0 aliphatic carbocycles. The van der Waals surface area contributed by atoms with E-state index in [4.69, 9.17) is 0 Å². The summed E-state index contributed by atoms with van der Waals surface area (Å²) in [6, 6.07) is 34.1. The van der Waals surface area contributed by atoms with Crippen molar-refractivity contribution < 1.29 is 21.1 Å². The van der Waals surface area contributed by atoms with Gasteiger partial charge in [-0.05, 0) is 29.9 Å². The van der Waals surface area contributed by atoms with Gasteiger partial charge in [-0.15, -0.1) is 71.8 Å². The van der Waals surface area contributed by atoms with Crippen LogP contribution >= 0.6 is 0 Å². The van der Waals surface area contributed by atoms with Crippen LogP contribution in [0.25, 0.3) is 10.8 Å². The van der Waals surface area contributed by atoms with E-state index in [0.717, 1.165) is 33.3 Å². The van der Waals surface area contributed by atoms with Crippen molar-refractivity contribution in [2.24, 2.45) is 9.98 Å². The van der Waals surface area contributed by atoms with Crippen LogP contribution in [0.15, 0.2) is 94.9 Å². The predicted octanol–water partition coefficient (Wildman–Crippen LogP) is 5.94. The van der Waals surface area contributed by atoms with Crippen LogP contribution in [-0.2, 0) is 21.1 Å². The Labute approximate surface area is 173 Å². The average Bonchev–Trinajstić information content (AvgIpc) is 2.72. The van der Waals surface area contributed by atoms with Gasteiger partial charge in [0.25, 0.3) is 0 Å². The van der Waals surface area contributed by atoms with Crippen molar-refractivity contribution in [3.63, 3.8) is 0 Å². The minimum absolute atomic E-state index is 0. The molecule has 0 amide bonds. The summed E-state index contributed by atoms with van der Waals surface area (Å²) in [5.41, 5.74) is 3.68. The Morgan fingerprint density at radius 3 is 1.56 bits per heavy atom. The van der Waals surface area contributed by atoms with Gasteiger partial charge >= 0.3 is 21.1 Å². The molecule has 0 atom stereocenters. The van der Waals surface area contributed by atoms with Gasteiger partial charge in [-0.3, -0.25) is 0 Å². The molecule has 0 aromatic heterocycles. The molecule has 0 bridgehead atoms. The van der Waals surface area contributed by atoms with E-state index in [0.29, 0.717) is 0 Å². The van der Waals surface area contributed by atoms with Crippen LogP contribution in [0.5, 0.6) is 0 Å². The third-order valence-corrected chi connectivity index (χ3v) is 4.01. The summed E-state index contributed by atoms with van der Waals surface area (Å²) >= 11 is 0. The van der Waals surface area contributed by atoms with E-state index >= 15 is 0 Å². The first-order chi connectivity index (χ1) is 12.9. The number of hydrogen-bond acceptors (Lipinski definition) is 2. The maximum absolute atomic E-state index is 4.68. The summed E-state index contributed by atoms with van der Waals surface area (Å²) in [7, 11) is 0. The minimum atomic E-state index is 0. The van der Waals surface area contributed by atoms with Crippen LogP contribution in [0.2, 0.25) is 0 Å². The van der Waals surface area contributed by atoms with Gasteiger partial charge in [-0.25, -0.2) is 0 Å². The van der Waals surface area contributed by atoms with Gasteiger partial charge in [0.1, 0.15) is 0 Å². The summed E-state index contributed by atoms with van der Waals surface area (Å²) in [6.07, 6.45) is 3.67. The zero-order valence-electron chi connectivity index (χ0n) is 14.4. The van der Waals surface area contributed by atoms with E-state index in [-0.39, 0.29) is 21.1 Å². The topological polar surface area (TPSA) is 24.7 Å². The second-order valence-corrected chi connectivity index (χ2v) is 5.80. The molecule has 132 valence electrons. The third kappa shape index (κ3) is 4.67. The van der Waals surface area contributed by atoms with E-state index in [2.05, 4.69) is 34.3 Å². The Hall–Kier alpha value is -2.83. The first-order valence-electron chi connectivity index (χ1n) is 8.43. The maximum atomic E-state index is 4.68. The standard InChI is InChI=1S/C24H16N2.Pt/c1-3-9-19(10-4-1)17-25-22-15-7-13-21-14-8-16-23(24(21)22)26-18-20-11-5-2-6-12-20;/h1-9,11,13-18H;/q-2;+2. The zero-order chi connectivity index (χ0) is 17.6. The Balaban J connectivity index is 0.00000210. The summed E-state index contributed by atoms with van der Waals surface area (Å²) in [5, 5.41) is 2.15. The van der Waals surface area contributed by atoms with Crippen molar-refractivity contribution in [2.75, 3.05) is 0 Å². The van der Waals surface area contributed by atoms with Crippen LogP contribution < -0.4 is 0 Å². The van der Waals surface area contributed by atoms with Crippen LogP contribution in [0.3, 0.4) is 0 Å². The molecule has 4 aromatic carbocycles. The molecule has 0 saturated heterocycles. The summed E-state index contributed by atoms with van der Waals surface area (Å²) < 4.78 is 0. The Morgan fingerprint density at radius 2 is 1.11 bits per heavy atom. The predicted molar refractivity (Wildman–Crippen MR) is 109 cm³/mol. The van der Waals surface area contributed by atoms with E-state index < -0.39 is 0 Å². The molecule has 2 nitrogen and oxygen atoms in total. The van der Waals surface area contributed by atoms with Gasteiger partial charge in [0.05, 0.1) is 11.4 Å². The molecule has 0 saturated carbocycles. The van der Waals surface area contributed by atoms with Crippen molar-refractivity contribution in [1.29, 1.82) is 0 Å². The summed E-state index contributed by atoms with van der Waals surface area (Å²) in [4.78, 5) is 9.36. The van der Waals surface area contributed by atoms with Gasteiger partial charge in [-0.2, -0.15) is 0 Å². The van der Waals surface area contributed by atoms with Crippen LogP contribution in [-0.4, -0.2) is 12.4 Å². The van der Waals surface area contributed by atoms with Gasteiger partial charge in [0.2, 0.25) is 0 Å². The number of aliphatic imine (C=N–C) groups is 2. The van der Waals surface area contributed by atoms with Crippen LogP contribution in [0.1, 0.15) is 11.1 Å². The molecule has 0 unspecified atom stereocenters. The quantitative estimate of drug-likeness (QED) is 0.232. The fourth-order valence-electron chi connectivity index (χ4n) is 2.77. The molecular weight excluding hydrogens is 511 g/mol. The molecule has 0 N–H and O–H groups in total. The van der Waals surface area contributed by atoms with Gasteiger partial charge in [-0.1, -0.05) is 24.3 Å². The number of nitrogens with zero attached hydrogens (tertiary/aromatic N) is 2. The molecule has 0 spiro atoms. The fraction of sp³-hybridized carbons (Fsp3) is 0. The number of rotatable bonds is 4. The number of benzene rings is 4. The van der Waals surface area contributed by atoms with Crippen molar-refractivity contribution in [3.8, 4) is 0 Å². The Morgan fingerprint density at radius 1 is 0.593 bits per heavy atom. The summed E-state index contributed by atoms with van der Waals surface area (Å²) in [5.74, 6) is 0. The first kappa shape index (κ1) is 18.9. The first-order valence-corrected chi connectivity index (χ1v) is 8.43.